The molecule has 2 N–H and O–H groups in total. The van der Waals surface area contributed by atoms with Crippen LogP contribution < -0.4 is 5.32 Å². The lowest BCUT2D eigenvalue weighted by molar-refractivity contribution is 0.719. The number of hydrogen-bond acceptors (Lipinski definition) is 4. The Bertz CT molecular complexity index is 625. The first kappa shape index (κ1) is 9.98. The second-order valence-corrected chi connectivity index (χ2v) is 3.73. The van der Waals surface area contributed by atoms with Crippen LogP contribution in [0.2, 0.25) is 0 Å². The Hall–Kier alpha value is -2.21. The highest BCUT2D eigenvalue weighted by Crippen LogP contribution is 2.16. The Morgan fingerprint density at radius 3 is 3.00 bits per heavy atom. The third kappa shape index (κ3) is 1.68. The molecular weight excluding hydrogens is 216 g/mol. The van der Waals surface area contributed by atoms with E-state index in [4.69, 9.17) is 0 Å². The maximum Gasteiger partial charge on any atom is 0.177 e. The molecule has 0 aliphatic heterocycles. The van der Waals surface area contributed by atoms with Crippen molar-refractivity contribution in [1.29, 1.82) is 0 Å². The largest absolute Gasteiger partial charge is 0.367 e. The van der Waals surface area contributed by atoms with Crippen molar-refractivity contribution >= 4 is 5.65 Å². The molecule has 0 unspecified atom stereocenters. The number of nitrogens with one attached hydrogen (secondary N) is 2. The molecule has 86 valence electrons. The third-order valence-corrected chi connectivity index (χ3v) is 2.56. The Labute approximate surface area is 97.7 Å². The molecule has 3 heterocycles. The molecule has 3 rings (SSSR count). The minimum atomic E-state index is 0.644. The molecule has 0 fully saturated rings. The molecule has 0 radical (unpaired) electrons. The fourth-order valence-electron chi connectivity index (χ4n) is 1.74. The average Bonchev–Trinajstić information content (AvgIpc) is 2.98. The van der Waals surface area contributed by atoms with E-state index >= 15 is 0 Å². The van der Waals surface area contributed by atoms with Crippen molar-refractivity contribution in [2.24, 2.45) is 0 Å². The van der Waals surface area contributed by atoms with Gasteiger partial charge in [0.15, 0.2) is 11.5 Å². The van der Waals surface area contributed by atoms with Crippen LogP contribution >= 0.6 is 0 Å². The van der Waals surface area contributed by atoms with Crippen LogP contribution in [0.15, 0.2) is 30.6 Å². The standard InChI is InChI=1S/C11H12N6/c1-12-7-11-15-14-10-3-2-9(16-17(10)11)8-4-5-13-6-8/h2-6,12-13H,7H2,1H3. The first-order chi connectivity index (χ1) is 8.38. The highest BCUT2D eigenvalue weighted by molar-refractivity contribution is 5.59. The van der Waals surface area contributed by atoms with E-state index in [1.807, 2.05) is 37.6 Å². The van der Waals surface area contributed by atoms with Gasteiger partial charge in [-0.2, -0.15) is 9.61 Å². The minimum Gasteiger partial charge on any atom is -0.367 e. The van der Waals surface area contributed by atoms with Crippen LogP contribution in [-0.2, 0) is 6.54 Å². The molecule has 0 atom stereocenters. The van der Waals surface area contributed by atoms with E-state index in [1.165, 1.54) is 0 Å². The van der Waals surface area contributed by atoms with Crippen molar-refractivity contribution < 1.29 is 0 Å². The van der Waals surface area contributed by atoms with Gasteiger partial charge >= 0.3 is 0 Å². The first-order valence-corrected chi connectivity index (χ1v) is 5.37. The summed E-state index contributed by atoms with van der Waals surface area (Å²) in [6.45, 7) is 0.644. The predicted molar refractivity (Wildman–Crippen MR) is 63.3 cm³/mol. The van der Waals surface area contributed by atoms with Gasteiger partial charge in [0, 0.05) is 18.0 Å². The van der Waals surface area contributed by atoms with Gasteiger partial charge in [-0.15, -0.1) is 10.2 Å². The summed E-state index contributed by atoms with van der Waals surface area (Å²) in [4.78, 5) is 3.02. The van der Waals surface area contributed by atoms with Gasteiger partial charge in [-0.05, 0) is 25.2 Å². The molecule has 3 aromatic heterocycles. The molecule has 0 bridgehead atoms. The van der Waals surface area contributed by atoms with E-state index < -0.39 is 0 Å². The molecule has 0 saturated carbocycles. The molecule has 0 aliphatic carbocycles. The molecule has 17 heavy (non-hydrogen) atoms. The fraction of sp³-hybridized carbons (Fsp3) is 0.182. The fourth-order valence-corrected chi connectivity index (χ4v) is 1.74. The number of nitrogens with zero attached hydrogens (tertiary/aromatic N) is 4. The van der Waals surface area contributed by atoms with Crippen molar-refractivity contribution in [2.45, 2.75) is 6.54 Å². The van der Waals surface area contributed by atoms with Gasteiger partial charge in [-0.1, -0.05) is 0 Å². The lowest BCUT2D eigenvalue weighted by atomic mass is 10.2. The second-order valence-electron chi connectivity index (χ2n) is 3.73. The summed E-state index contributed by atoms with van der Waals surface area (Å²) in [7, 11) is 1.87. The highest BCUT2D eigenvalue weighted by Gasteiger charge is 2.07. The molecule has 0 aliphatic rings. The normalized spacial score (nSPS) is 11.1. The quantitative estimate of drug-likeness (QED) is 0.697. The summed E-state index contributed by atoms with van der Waals surface area (Å²) < 4.78 is 1.76. The summed E-state index contributed by atoms with van der Waals surface area (Å²) in [5, 5.41) is 15.7. The van der Waals surface area contributed by atoms with Gasteiger partial charge in [-0.25, -0.2) is 0 Å². The zero-order valence-corrected chi connectivity index (χ0v) is 9.38. The van der Waals surface area contributed by atoms with Crippen LogP contribution in [0.5, 0.6) is 0 Å². The van der Waals surface area contributed by atoms with Crippen molar-refractivity contribution in [3.8, 4) is 11.3 Å². The monoisotopic (exact) mass is 228 g/mol. The SMILES string of the molecule is CNCc1nnc2ccc(-c3cc[nH]c3)nn12. The van der Waals surface area contributed by atoms with E-state index in [9.17, 15) is 0 Å². The zero-order valence-electron chi connectivity index (χ0n) is 9.38. The maximum atomic E-state index is 4.53. The second kappa shape index (κ2) is 3.99. The third-order valence-electron chi connectivity index (χ3n) is 2.56. The van der Waals surface area contributed by atoms with E-state index in [0.717, 1.165) is 22.7 Å². The predicted octanol–water partition coefficient (Wildman–Crippen LogP) is 0.839. The number of aromatic nitrogens is 5. The van der Waals surface area contributed by atoms with Gasteiger partial charge in [0.1, 0.15) is 0 Å². The molecule has 0 amide bonds. The molecule has 6 nitrogen and oxygen atoms in total. The number of rotatable bonds is 3. The Morgan fingerprint density at radius 2 is 2.24 bits per heavy atom. The van der Waals surface area contributed by atoms with Crippen LogP contribution in [0.4, 0.5) is 0 Å². The number of aromatic amines is 1. The van der Waals surface area contributed by atoms with E-state index in [-0.39, 0.29) is 0 Å². The Morgan fingerprint density at radius 1 is 1.29 bits per heavy atom. The minimum absolute atomic E-state index is 0.644. The summed E-state index contributed by atoms with van der Waals surface area (Å²) in [6, 6.07) is 5.84. The molecule has 3 aromatic rings. The van der Waals surface area contributed by atoms with E-state index in [1.54, 1.807) is 4.52 Å². The van der Waals surface area contributed by atoms with Gasteiger partial charge in [0.05, 0.1) is 12.2 Å². The lowest BCUT2D eigenvalue weighted by Crippen LogP contribution is -2.10. The number of H-pyrrole nitrogens is 1. The van der Waals surface area contributed by atoms with E-state index in [0.29, 0.717) is 6.54 Å². The van der Waals surface area contributed by atoms with Crippen molar-refractivity contribution in [2.75, 3.05) is 7.05 Å². The zero-order chi connectivity index (χ0) is 11.7. The van der Waals surface area contributed by atoms with Gasteiger partial charge in [0.25, 0.3) is 0 Å². The molecule has 0 aromatic carbocycles. The summed E-state index contributed by atoms with van der Waals surface area (Å²) in [5.41, 5.74) is 2.71. The van der Waals surface area contributed by atoms with Crippen LogP contribution in [0.25, 0.3) is 16.9 Å². The van der Waals surface area contributed by atoms with Crippen molar-refractivity contribution in [1.82, 2.24) is 30.1 Å². The van der Waals surface area contributed by atoms with E-state index in [2.05, 4.69) is 25.6 Å². The molecule has 0 spiro atoms. The summed E-state index contributed by atoms with van der Waals surface area (Å²) >= 11 is 0. The van der Waals surface area contributed by atoms with Crippen molar-refractivity contribution in [3.63, 3.8) is 0 Å². The summed E-state index contributed by atoms with van der Waals surface area (Å²) in [6.07, 6.45) is 3.79. The van der Waals surface area contributed by atoms with Gasteiger partial charge < -0.3 is 10.3 Å². The number of fused-ring (bicyclic) bond motifs is 1. The topological polar surface area (TPSA) is 70.9 Å². The van der Waals surface area contributed by atoms with Gasteiger partial charge in [0.2, 0.25) is 0 Å². The average molecular weight is 228 g/mol. The highest BCUT2D eigenvalue weighted by atomic mass is 15.4. The molecule has 6 heteroatoms. The van der Waals surface area contributed by atoms with Crippen LogP contribution in [0, 0.1) is 0 Å². The van der Waals surface area contributed by atoms with Crippen LogP contribution in [-0.4, -0.2) is 31.8 Å². The smallest absolute Gasteiger partial charge is 0.177 e. The maximum absolute atomic E-state index is 4.53. The van der Waals surface area contributed by atoms with Crippen LogP contribution in [0.3, 0.4) is 0 Å². The Balaban J connectivity index is 2.13. The number of hydrogen-bond donors (Lipinski definition) is 2. The Kier molecular flexibility index (Phi) is 2.34. The lowest BCUT2D eigenvalue weighted by Gasteiger charge is -2.00. The van der Waals surface area contributed by atoms with Crippen molar-refractivity contribution in [3.05, 3.63) is 36.4 Å². The first-order valence-electron chi connectivity index (χ1n) is 5.37. The molecule has 0 saturated heterocycles. The molecular formula is C11H12N6. The van der Waals surface area contributed by atoms with Crippen LogP contribution in [0.1, 0.15) is 5.82 Å². The summed E-state index contributed by atoms with van der Waals surface area (Å²) in [5.74, 6) is 0.805. The van der Waals surface area contributed by atoms with Gasteiger partial charge in [-0.3, -0.25) is 0 Å².